The van der Waals surface area contributed by atoms with Crippen molar-refractivity contribution in [2.45, 2.75) is 32.7 Å². The van der Waals surface area contributed by atoms with Crippen LogP contribution in [0.2, 0.25) is 0 Å². The molecule has 0 saturated heterocycles. The third-order valence-electron chi connectivity index (χ3n) is 1.54. The van der Waals surface area contributed by atoms with E-state index >= 15 is 0 Å². The van der Waals surface area contributed by atoms with E-state index in [0.717, 1.165) is 6.42 Å². The molecule has 0 aromatic rings. The molecule has 0 amide bonds. The van der Waals surface area contributed by atoms with Crippen LogP contribution in [-0.2, 0) is 0 Å². The summed E-state index contributed by atoms with van der Waals surface area (Å²) in [6.45, 7) is 6.42. The molecule has 54 valence electrons. The molecule has 9 heavy (non-hydrogen) atoms. The van der Waals surface area contributed by atoms with Gasteiger partial charge < -0.3 is 5.32 Å². The number of allylic oxidation sites excluding steroid dienone is 1. The molecule has 0 bridgehead atoms. The average Bonchev–Trinajstić information content (AvgIpc) is 1.84. The van der Waals surface area contributed by atoms with Crippen molar-refractivity contribution in [2.24, 2.45) is 0 Å². The highest BCUT2D eigenvalue weighted by Crippen LogP contribution is 2.06. The summed E-state index contributed by atoms with van der Waals surface area (Å²) < 4.78 is 0. The Kier molecular flexibility index (Phi) is 3.55. The minimum atomic E-state index is 0.256. The van der Waals surface area contributed by atoms with Crippen molar-refractivity contribution < 1.29 is 0 Å². The second-order valence-corrected chi connectivity index (χ2v) is 2.91. The zero-order valence-electron chi connectivity index (χ0n) is 6.86. The molecule has 0 rings (SSSR count). The van der Waals surface area contributed by atoms with E-state index in [1.54, 1.807) is 0 Å². The second kappa shape index (κ2) is 3.67. The van der Waals surface area contributed by atoms with Crippen LogP contribution in [0.15, 0.2) is 12.2 Å². The van der Waals surface area contributed by atoms with Crippen LogP contribution in [0.5, 0.6) is 0 Å². The van der Waals surface area contributed by atoms with Crippen molar-refractivity contribution in [1.29, 1.82) is 0 Å². The van der Waals surface area contributed by atoms with Gasteiger partial charge in [-0.05, 0) is 34.2 Å². The molecule has 0 aromatic carbocycles. The van der Waals surface area contributed by atoms with E-state index in [0.29, 0.717) is 0 Å². The van der Waals surface area contributed by atoms with E-state index in [4.69, 9.17) is 0 Å². The Bertz CT molecular complexity index is 92.7. The Morgan fingerprint density at radius 1 is 1.44 bits per heavy atom. The monoisotopic (exact) mass is 127 g/mol. The maximum absolute atomic E-state index is 3.22. The fraction of sp³-hybridized carbons (Fsp3) is 0.750. The summed E-state index contributed by atoms with van der Waals surface area (Å²) in [5, 5.41) is 3.22. The van der Waals surface area contributed by atoms with Gasteiger partial charge in [-0.3, -0.25) is 0 Å². The third-order valence-corrected chi connectivity index (χ3v) is 1.54. The van der Waals surface area contributed by atoms with Crippen molar-refractivity contribution in [1.82, 2.24) is 5.32 Å². The molecule has 0 aromatic heterocycles. The second-order valence-electron chi connectivity index (χ2n) is 2.91. The van der Waals surface area contributed by atoms with E-state index in [-0.39, 0.29) is 5.54 Å². The minimum absolute atomic E-state index is 0.256. The SMILES string of the molecule is C/C=C\CC(C)(C)NC. The summed E-state index contributed by atoms with van der Waals surface area (Å²) in [5.74, 6) is 0. The van der Waals surface area contributed by atoms with E-state index in [1.807, 2.05) is 14.0 Å². The normalized spacial score (nSPS) is 12.9. The lowest BCUT2D eigenvalue weighted by molar-refractivity contribution is 0.430. The Morgan fingerprint density at radius 2 is 2.00 bits per heavy atom. The topological polar surface area (TPSA) is 12.0 Å². The van der Waals surface area contributed by atoms with Crippen LogP contribution < -0.4 is 5.32 Å². The summed E-state index contributed by atoms with van der Waals surface area (Å²) in [6, 6.07) is 0. The smallest absolute Gasteiger partial charge is 0.0156 e. The first-order valence-corrected chi connectivity index (χ1v) is 3.42. The Morgan fingerprint density at radius 3 is 2.33 bits per heavy atom. The van der Waals surface area contributed by atoms with Gasteiger partial charge in [-0.1, -0.05) is 12.2 Å². The summed E-state index contributed by atoms with van der Waals surface area (Å²) >= 11 is 0. The molecule has 0 aliphatic heterocycles. The fourth-order valence-corrected chi connectivity index (χ4v) is 0.515. The van der Waals surface area contributed by atoms with Crippen LogP contribution in [-0.4, -0.2) is 12.6 Å². The van der Waals surface area contributed by atoms with E-state index in [1.165, 1.54) is 0 Å². The van der Waals surface area contributed by atoms with E-state index in [2.05, 4.69) is 31.3 Å². The highest BCUT2D eigenvalue weighted by atomic mass is 14.9. The van der Waals surface area contributed by atoms with Crippen LogP contribution in [0.3, 0.4) is 0 Å². The van der Waals surface area contributed by atoms with Gasteiger partial charge in [0.1, 0.15) is 0 Å². The molecular formula is C8H17N. The number of hydrogen-bond donors (Lipinski definition) is 1. The number of hydrogen-bond acceptors (Lipinski definition) is 1. The molecule has 0 spiro atoms. The fourth-order valence-electron chi connectivity index (χ4n) is 0.515. The van der Waals surface area contributed by atoms with E-state index in [9.17, 15) is 0 Å². The molecule has 0 aliphatic rings. The molecule has 0 radical (unpaired) electrons. The van der Waals surface area contributed by atoms with Gasteiger partial charge in [0.2, 0.25) is 0 Å². The van der Waals surface area contributed by atoms with Crippen LogP contribution in [0.25, 0.3) is 0 Å². The molecule has 0 aliphatic carbocycles. The molecule has 1 N–H and O–H groups in total. The summed E-state index contributed by atoms with van der Waals surface area (Å²) in [6.07, 6.45) is 5.36. The maximum atomic E-state index is 3.22. The lowest BCUT2D eigenvalue weighted by atomic mass is 10.0. The molecule has 1 nitrogen and oxygen atoms in total. The predicted molar refractivity (Wildman–Crippen MR) is 42.6 cm³/mol. The predicted octanol–water partition coefficient (Wildman–Crippen LogP) is 1.95. The molecular weight excluding hydrogens is 110 g/mol. The van der Waals surface area contributed by atoms with Crippen LogP contribution >= 0.6 is 0 Å². The summed E-state index contributed by atoms with van der Waals surface area (Å²) in [7, 11) is 1.99. The van der Waals surface area contributed by atoms with Gasteiger partial charge in [-0.2, -0.15) is 0 Å². The summed E-state index contributed by atoms with van der Waals surface area (Å²) in [4.78, 5) is 0. The molecule has 0 unspecified atom stereocenters. The Hall–Kier alpha value is -0.300. The van der Waals surface area contributed by atoms with Gasteiger partial charge in [0.05, 0.1) is 0 Å². The highest BCUT2D eigenvalue weighted by Gasteiger charge is 2.10. The number of nitrogens with one attached hydrogen (secondary N) is 1. The lowest BCUT2D eigenvalue weighted by Gasteiger charge is -2.21. The average molecular weight is 127 g/mol. The van der Waals surface area contributed by atoms with Crippen LogP contribution in [0.1, 0.15) is 27.2 Å². The Labute approximate surface area is 58.2 Å². The summed E-state index contributed by atoms with van der Waals surface area (Å²) in [5.41, 5.74) is 0.256. The highest BCUT2D eigenvalue weighted by molar-refractivity contribution is 4.88. The third kappa shape index (κ3) is 4.22. The quantitative estimate of drug-likeness (QED) is 0.571. The molecule has 0 saturated carbocycles. The first-order valence-electron chi connectivity index (χ1n) is 3.42. The van der Waals surface area contributed by atoms with Crippen molar-refractivity contribution >= 4 is 0 Å². The van der Waals surface area contributed by atoms with Crippen molar-refractivity contribution in [3.05, 3.63) is 12.2 Å². The van der Waals surface area contributed by atoms with Gasteiger partial charge in [-0.15, -0.1) is 0 Å². The first kappa shape index (κ1) is 8.70. The van der Waals surface area contributed by atoms with Crippen LogP contribution in [0.4, 0.5) is 0 Å². The largest absolute Gasteiger partial charge is 0.315 e. The van der Waals surface area contributed by atoms with Gasteiger partial charge in [0.15, 0.2) is 0 Å². The molecule has 0 fully saturated rings. The van der Waals surface area contributed by atoms with E-state index < -0.39 is 0 Å². The van der Waals surface area contributed by atoms with Crippen molar-refractivity contribution in [2.75, 3.05) is 7.05 Å². The van der Waals surface area contributed by atoms with Gasteiger partial charge in [0, 0.05) is 5.54 Å². The zero-order chi connectivity index (χ0) is 7.33. The van der Waals surface area contributed by atoms with Gasteiger partial charge >= 0.3 is 0 Å². The maximum Gasteiger partial charge on any atom is 0.0156 e. The number of rotatable bonds is 3. The standard InChI is InChI=1S/C8H17N/c1-5-6-7-8(2,3)9-4/h5-6,9H,7H2,1-4H3/b6-5-. The van der Waals surface area contributed by atoms with Gasteiger partial charge in [0.25, 0.3) is 0 Å². The first-order chi connectivity index (χ1) is 4.12. The zero-order valence-corrected chi connectivity index (χ0v) is 6.86. The Balaban J connectivity index is 3.58. The molecule has 1 heteroatoms. The molecule has 0 atom stereocenters. The van der Waals surface area contributed by atoms with Crippen molar-refractivity contribution in [3.63, 3.8) is 0 Å². The van der Waals surface area contributed by atoms with Crippen LogP contribution in [0, 0.1) is 0 Å². The lowest BCUT2D eigenvalue weighted by Crippen LogP contribution is -2.35. The van der Waals surface area contributed by atoms with Crippen molar-refractivity contribution in [3.8, 4) is 0 Å². The minimum Gasteiger partial charge on any atom is -0.315 e. The molecule has 0 heterocycles. The van der Waals surface area contributed by atoms with Gasteiger partial charge in [-0.25, -0.2) is 0 Å².